The van der Waals surface area contributed by atoms with Gasteiger partial charge in [-0.15, -0.1) is 11.3 Å². The van der Waals surface area contributed by atoms with Crippen molar-refractivity contribution in [2.75, 3.05) is 18.4 Å². The number of thiophene rings is 1. The predicted molar refractivity (Wildman–Crippen MR) is 123 cm³/mol. The lowest BCUT2D eigenvalue weighted by molar-refractivity contribution is -0.132. The summed E-state index contributed by atoms with van der Waals surface area (Å²) in [6, 6.07) is 5.83. The molecule has 31 heavy (non-hydrogen) atoms. The van der Waals surface area contributed by atoms with E-state index >= 15 is 0 Å². The van der Waals surface area contributed by atoms with Gasteiger partial charge in [-0.2, -0.15) is 0 Å². The second-order valence-corrected chi connectivity index (χ2v) is 9.13. The van der Waals surface area contributed by atoms with E-state index in [1.165, 1.54) is 22.2 Å². The number of carbonyl (C=O) groups excluding carboxylic acids is 2. The van der Waals surface area contributed by atoms with Crippen LogP contribution >= 0.6 is 11.3 Å². The summed E-state index contributed by atoms with van der Waals surface area (Å²) in [5.74, 6) is -0.327. The molecule has 3 aromatic rings. The molecule has 0 atom stereocenters. The molecule has 0 unspecified atom stereocenters. The molecule has 4 rings (SSSR count). The van der Waals surface area contributed by atoms with Crippen molar-refractivity contribution in [3.05, 3.63) is 56.4 Å². The highest BCUT2D eigenvalue weighted by Gasteiger charge is 2.22. The zero-order chi connectivity index (χ0) is 22.1. The first-order chi connectivity index (χ1) is 14.8. The number of hydrogen-bond donors (Lipinski definition) is 1. The number of amides is 2. The van der Waals surface area contributed by atoms with E-state index in [-0.39, 0.29) is 23.9 Å². The largest absolute Gasteiger partial charge is 0.341 e. The van der Waals surface area contributed by atoms with Crippen LogP contribution in [0.2, 0.25) is 0 Å². The molecule has 162 valence electrons. The summed E-state index contributed by atoms with van der Waals surface area (Å²) in [7, 11) is 0. The number of benzene rings is 1. The van der Waals surface area contributed by atoms with Crippen LogP contribution in [0.25, 0.3) is 10.2 Å². The number of carbonyl (C=O) groups is 2. The van der Waals surface area contributed by atoms with Gasteiger partial charge in [0.05, 0.1) is 16.6 Å². The third-order valence-electron chi connectivity index (χ3n) is 5.77. The number of nitrogens with one attached hydrogen (secondary N) is 1. The van der Waals surface area contributed by atoms with Gasteiger partial charge in [0.25, 0.3) is 11.5 Å². The Morgan fingerprint density at radius 3 is 2.58 bits per heavy atom. The quantitative estimate of drug-likeness (QED) is 0.674. The lowest BCUT2D eigenvalue weighted by Crippen LogP contribution is -2.39. The van der Waals surface area contributed by atoms with Crippen LogP contribution in [0.1, 0.15) is 45.6 Å². The Kier molecular flexibility index (Phi) is 5.91. The highest BCUT2D eigenvalue weighted by Crippen LogP contribution is 2.28. The number of hydrogen-bond acceptors (Lipinski definition) is 5. The molecular formula is C23H26N4O3S. The van der Waals surface area contributed by atoms with Gasteiger partial charge in [0.15, 0.2) is 0 Å². The van der Waals surface area contributed by atoms with Crippen LogP contribution in [0.4, 0.5) is 5.69 Å². The molecule has 1 fully saturated rings. The number of nitrogens with zero attached hydrogens (tertiary/aromatic N) is 3. The molecule has 1 aliphatic heterocycles. The molecule has 1 aromatic carbocycles. The van der Waals surface area contributed by atoms with Crippen molar-refractivity contribution in [1.82, 2.24) is 14.5 Å². The van der Waals surface area contributed by atoms with E-state index in [0.29, 0.717) is 20.7 Å². The summed E-state index contributed by atoms with van der Waals surface area (Å²) in [5, 5.41) is 3.35. The Morgan fingerprint density at radius 1 is 1.13 bits per heavy atom. The second kappa shape index (κ2) is 8.63. The number of rotatable bonds is 4. The highest BCUT2D eigenvalue weighted by molar-refractivity contribution is 7.20. The number of fused-ring (bicyclic) bond motifs is 1. The van der Waals surface area contributed by atoms with Gasteiger partial charge in [0, 0.05) is 18.8 Å². The maximum atomic E-state index is 13.1. The van der Waals surface area contributed by atoms with Crippen molar-refractivity contribution in [3.8, 4) is 0 Å². The zero-order valence-electron chi connectivity index (χ0n) is 18.0. The number of aromatic nitrogens is 2. The predicted octanol–water partition coefficient (Wildman–Crippen LogP) is 3.65. The van der Waals surface area contributed by atoms with Gasteiger partial charge < -0.3 is 10.2 Å². The molecule has 7 nitrogen and oxygen atoms in total. The first-order valence-electron chi connectivity index (χ1n) is 10.5. The first kappa shape index (κ1) is 21.2. The Balaban J connectivity index is 1.61. The summed E-state index contributed by atoms with van der Waals surface area (Å²) >= 11 is 1.20. The Labute approximate surface area is 184 Å². The van der Waals surface area contributed by atoms with E-state index in [1.807, 2.05) is 36.9 Å². The second-order valence-electron chi connectivity index (χ2n) is 8.13. The van der Waals surface area contributed by atoms with Crippen molar-refractivity contribution in [2.24, 2.45) is 0 Å². The minimum absolute atomic E-state index is 0.0266. The maximum Gasteiger partial charge on any atom is 0.266 e. The van der Waals surface area contributed by atoms with Crippen LogP contribution in [0.5, 0.6) is 0 Å². The van der Waals surface area contributed by atoms with Crippen LogP contribution in [-0.4, -0.2) is 39.4 Å². The molecule has 2 aromatic heterocycles. The third kappa shape index (κ3) is 4.25. The number of aryl methyl sites for hydroxylation is 3. The van der Waals surface area contributed by atoms with Crippen LogP contribution in [0.15, 0.2) is 29.3 Å². The lowest BCUT2D eigenvalue weighted by Gasteiger charge is -2.26. The third-order valence-corrected chi connectivity index (χ3v) is 6.97. The molecule has 0 spiro atoms. The minimum Gasteiger partial charge on any atom is -0.341 e. The topological polar surface area (TPSA) is 84.3 Å². The molecule has 0 radical (unpaired) electrons. The van der Waals surface area contributed by atoms with Gasteiger partial charge in [-0.3, -0.25) is 19.0 Å². The van der Waals surface area contributed by atoms with E-state index in [0.717, 1.165) is 49.2 Å². The first-order valence-corrected chi connectivity index (χ1v) is 11.3. The maximum absolute atomic E-state index is 13.1. The van der Waals surface area contributed by atoms with Gasteiger partial charge in [0.2, 0.25) is 5.91 Å². The van der Waals surface area contributed by atoms with E-state index in [4.69, 9.17) is 0 Å². The highest BCUT2D eigenvalue weighted by atomic mass is 32.1. The molecule has 3 heterocycles. The fourth-order valence-corrected chi connectivity index (χ4v) is 5.04. The normalized spacial score (nSPS) is 14.1. The molecule has 1 aliphatic rings. The van der Waals surface area contributed by atoms with Crippen molar-refractivity contribution in [3.63, 3.8) is 0 Å². The lowest BCUT2D eigenvalue weighted by atomic mass is 10.1. The summed E-state index contributed by atoms with van der Waals surface area (Å²) in [6.45, 7) is 7.16. The number of anilines is 1. The van der Waals surface area contributed by atoms with Gasteiger partial charge in [-0.1, -0.05) is 17.7 Å². The minimum atomic E-state index is -0.283. The molecule has 0 aliphatic carbocycles. The monoisotopic (exact) mass is 438 g/mol. The van der Waals surface area contributed by atoms with Gasteiger partial charge >= 0.3 is 0 Å². The average Bonchev–Trinajstić information content (AvgIpc) is 3.10. The Hall–Kier alpha value is -3.00. The molecule has 0 bridgehead atoms. The zero-order valence-corrected chi connectivity index (χ0v) is 18.8. The van der Waals surface area contributed by atoms with Gasteiger partial charge in [0.1, 0.15) is 11.4 Å². The molecule has 1 N–H and O–H groups in total. The smallest absolute Gasteiger partial charge is 0.266 e. The number of piperidine rings is 1. The van der Waals surface area contributed by atoms with Crippen molar-refractivity contribution < 1.29 is 9.59 Å². The van der Waals surface area contributed by atoms with E-state index in [9.17, 15) is 14.4 Å². The molecule has 8 heteroatoms. The summed E-state index contributed by atoms with van der Waals surface area (Å²) in [5.41, 5.74) is 3.15. The van der Waals surface area contributed by atoms with Gasteiger partial charge in [-0.25, -0.2) is 4.98 Å². The summed E-state index contributed by atoms with van der Waals surface area (Å²) in [4.78, 5) is 45.7. The molecule has 1 saturated heterocycles. The van der Waals surface area contributed by atoms with Crippen LogP contribution in [0, 0.1) is 20.8 Å². The fraction of sp³-hybridized carbons (Fsp3) is 0.391. The van der Waals surface area contributed by atoms with Crippen molar-refractivity contribution >= 4 is 39.1 Å². The average molecular weight is 439 g/mol. The molecule has 2 amide bonds. The van der Waals surface area contributed by atoms with Crippen molar-refractivity contribution in [1.29, 1.82) is 0 Å². The van der Waals surface area contributed by atoms with Crippen molar-refractivity contribution in [2.45, 2.75) is 46.6 Å². The summed E-state index contributed by atoms with van der Waals surface area (Å²) < 4.78 is 1.35. The van der Waals surface area contributed by atoms with Crippen LogP contribution in [-0.2, 0) is 11.3 Å². The van der Waals surface area contributed by atoms with E-state index < -0.39 is 0 Å². The van der Waals surface area contributed by atoms with Crippen LogP contribution < -0.4 is 10.9 Å². The standard InChI is InChI=1S/C23H26N4O3S/c1-14-7-8-17(15(2)11-14)25-21(29)20-16(3)19-22(31-20)24-13-27(23(19)30)12-18(28)26-9-5-4-6-10-26/h7-8,11,13H,4-6,9-10,12H2,1-3H3,(H,25,29). The van der Waals surface area contributed by atoms with E-state index in [1.54, 1.807) is 6.92 Å². The van der Waals surface area contributed by atoms with Gasteiger partial charge in [-0.05, 0) is 57.2 Å². The Bertz CT molecular complexity index is 1220. The molecule has 0 saturated carbocycles. The van der Waals surface area contributed by atoms with E-state index in [2.05, 4.69) is 10.3 Å². The Morgan fingerprint density at radius 2 is 1.87 bits per heavy atom. The molecular weight excluding hydrogens is 412 g/mol. The van der Waals surface area contributed by atoms with Crippen LogP contribution in [0.3, 0.4) is 0 Å². The SMILES string of the molecule is Cc1ccc(NC(=O)c2sc3ncn(CC(=O)N4CCCCC4)c(=O)c3c2C)c(C)c1. The number of likely N-dealkylation sites (tertiary alicyclic amines) is 1. The summed E-state index contributed by atoms with van der Waals surface area (Å²) in [6.07, 6.45) is 4.55. The fourth-order valence-electron chi connectivity index (χ4n) is 4.01.